The minimum Gasteiger partial charge on any atom is -0.395 e. The number of hydrogen-bond acceptors (Lipinski definition) is 5. The number of hydrogen-bond donors (Lipinski definition) is 2. The fraction of sp³-hybridized carbons (Fsp3) is 0.385. The van der Waals surface area contributed by atoms with Crippen molar-refractivity contribution in [2.75, 3.05) is 6.61 Å². The van der Waals surface area contributed by atoms with Crippen LogP contribution >= 0.6 is 0 Å². The normalized spacial score (nSPS) is 11.8. The number of aliphatic hydroxyl groups excluding tert-OH is 1. The Morgan fingerprint density at radius 1 is 1.28 bits per heavy atom. The van der Waals surface area contributed by atoms with E-state index in [4.69, 9.17) is 10.3 Å². The third-order valence-electron chi connectivity index (χ3n) is 2.96. The third-order valence-corrected chi connectivity index (χ3v) is 2.96. The lowest BCUT2D eigenvalue weighted by Crippen LogP contribution is -2.21. The summed E-state index contributed by atoms with van der Waals surface area (Å²) in [7, 11) is 0. The van der Waals surface area contributed by atoms with Crippen LogP contribution in [-0.4, -0.2) is 21.9 Å². The zero-order valence-corrected chi connectivity index (χ0v) is 10.6. The van der Waals surface area contributed by atoms with Gasteiger partial charge in [0.1, 0.15) is 0 Å². The van der Waals surface area contributed by atoms with Crippen LogP contribution in [0, 0.1) is 0 Å². The summed E-state index contributed by atoms with van der Waals surface area (Å²) >= 11 is 0. The molecule has 96 valence electrons. The smallest absolute Gasteiger partial charge is 0.240 e. The summed E-state index contributed by atoms with van der Waals surface area (Å²) in [5.41, 5.74) is 7.10. The van der Waals surface area contributed by atoms with Gasteiger partial charge in [0, 0.05) is 11.0 Å². The summed E-state index contributed by atoms with van der Waals surface area (Å²) in [4.78, 5) is 4.16. The molecule has 1 heterocycles. The van der Waals surface area contributed by atoms with Crippen LogP contribution in [-0.2, 0) is 12.0 Å². The fourth-order valence-electron chi connectivity index (χ4n) is 1.62. The Bertz CT molecular complexity index is 517. The summed E-state index contributed by atoms with van der Waals surface area (Å²) in [6.07, 6.45) is 0. The van der Waals surface area contributed by atoms with Gasteiger partial charge in [-0.05, 0) is 5.56 Å². The molecule has 0 amide bonds. The Balaban J connectivity index is 2.27. The van der Waals surface area contributed by atoms with E-state index in [1.54, 1.807) is 0 Å². The number of benzene rings is 1. The maximum Gasteiger partial charge on any atom is 0.240 e. The van der Waals surface area contributed by atoms with E-state index in [0.29, 0.717) is 11.7 Å². The highest BCUT2D eigenvalue weighted by atomic mass is 16.5. The van der Waals surface area contributed by atoms with Gasteiger partial charge in [0.2, 0.25) is 11.7 Å². The van der Waals surface area contributed by atoms with Crippen molar-refractivity contribution in [3.05, 3.63) is 35.7 Å². The van der Waals surface area contributed by atoms with E-state index >= 15 is 0 Å². The number of nitrogens with two attached hydrogens (primary N) is 1. The van der Waals surface area contributed by atoms with Gasteiger partial charge in [-0.1, -0.05) is 43.3 Å². The molecule has 0 saturated heterocycles. The maximum absolute atomic E-state index is 9.32. The molecular formula is C13H17N3O2. The summed E-state index contributed by atoms with van der Waals surface area (Å²) in [6, 6.07) is 7.75. The van der Waals surface area contributed by atoms with Gasteiger partial charge in [0.05, 0.1) is 13.2 Å². The lowest BCUT2D eigenvalue weighted by atomic mass is 9.85. The van der Waals surface area contributed by atoms with Crippen molar-refractivity contribution < 1.29 is 9.63 Å². The molecule has 0 aliphatic carbocycles. The predicted octanol–water partition coefficient (Wildman–Crippen LogP) is 1.47. The molecule has 5 nitrogen and oxygen atoms in total. The van der Waals surface area contributed by atoms with Gasteiger partial charge in [0.15, 0.2) is 0 Å². The molecule has 2 rings (SSSR count). The number of aromatic nitrogens is 2. The average molecular weight is 247 g/mol. The Labute approximate surface area is 106 Å². The molecule has 2 aromatic rings. The van der Waals surface area contributed by atoms with Crippen LogP contribution in [0.2, 0.25) is 0 Å². The summed E-state index contributed by atoms with van der Waals surface area (Å²) in [6.45, 7) is 4.32. The van der Waals surface area contributed by atoms with E-state index in [1.165, 1.54) is 0 Å². The average Bonchev–Trinajstić information content (AvgIpc) is 2.87. The molecule has 18 heavy (non-hydrogen) atoms. The van der Waals surface area contributed by atoms with Gasteiger partial charge in [-0.2, -0.15) is 4.98 Å². The number of aliphatic hydroxyl groups is 1. The number of rotatable bonds is 4. The Kier molecular flexibility index (Phi) is 3.45. The first kappa shape index (κ1) is 12.7. The van der Waals surface area contributed by atoms with Crippen molar-refractivity contribution in [3.63, 3.8) is 0 Å². The van der Waals surface area contributed by atoms with Crippen molar-refractivity contribution in [1.82, 2.24) is 10.1 Å². The van der Waals surface area contributed by atoms with Gasteiger partial charge in [-0.3, -0.25) is 0 Å². The van der Waals surface area contributed by atoms with Crippen molar-refractivity contribution in [2.24, 2.45) is 5.73 Å². The van der Waals surface area contributed by atoms with Crippen LogP contribution in [0.4, 0.5) is 0 Å². The van der Waals surface area contributed by atoms with Crippen LogP contribution in [0.15, 0.2) is 28.8 Å². The molecule has 1 aromatic heterocycles. The standard InChI is InChI=1S/C13H17N3O2/c1-13(2,8-17)10-5-3-9(4-6-10)12-15-11(7-14)18-16-12/h3-6,17H,7-8,14H2,1-2H3. The SMILES string of the molecule is CC(C)(CO)c1ccc(-c2noc(CN)n2)cc1. The monoisotopic (exact) mass is 247 g/mol. The van der Waals surface area contributed by atoms with Gasteiger partial charge in [0.25, 0.3) is 0 Å². The molecule has 0 bridgehead atoms. The van der Waals surface area contributed by atoms with Crippen LogP contribution in [0.3, 0.4) is 0 Å². The largest absolute Gasteiger partial charge is 0.395 e. The summed E-state index contributed by atoms with van der Waals surface area (Å²) in [5.74, 6) is 0.952. The number of nitrogens with zero attached hydrogens (tertiary/aromatic N) is 2. The Hall–Kier alpha value is -1.72. The van der Waals surface area contributed by atoms with Crippen molar-refractivity contribution >= 4 is 0 Å². The predicted molar refractivity (Wildman–Crippen MR) is 67.7 cm³/mol. The lowest BCUT2D eigenvalue weighted by molar-refractivity contribution is 0.218. The fourth-order valence-corrected chi connectivity index (χ4v) is 1.62. The van der Waals surface area contributed by atoms with Gasteiger partial charge >= 0.3 is 0 Å². The summed E-state index contributed by atoms with van der Waals surface area (Å²) in [5, 5.41) is 13.2. The minimum absolute atomic E-state index is 0.103. The molecule has 3 N–H and O–H groups in total. The highest BCUT2D eigenvalue weighted by molar-refractivity contribution is 5.55. The topological polar surface area (TPSA) is 85.2 Å². The third kappa shape index (κ3) is 2.42. The van der Waals surface area contributed by atoms with Crippen molar-refractivity contribution in [1.29, 1.82) is 0 Å². The lowest BCUT2D eigenvalue weighted by Gasteiger charge is -2.22. The first-order chi connectivity index (χ1) is 8.56. The van der Waals surface area contributed by atoms with Gasteiger partial charge < -0.3 is 15.4 Å². The molecule has 5 heteroatoms. The molecule has 0 atom stereocenters. The molecule has 0 unspecified atom stereocenters. The highest BCUT2D eigenvalue weighted by Gasteiger charge is 2.19. The molecule has 0 spiro atoms. The van der Waals surface area contributed by atoms with Crippen molar-refractivity contribution in [3.8, 4) is 11.4 Å². The molecular weight excluding hydrogens is 230 g/mol. The zero-order valence-electron chi connectivity index (χ0n) is 10.6. The van der Waals surface area contributed by atoms with Crippen LogP contribution in [0.5, 0.6) is 0 Å². The van der Waals surface area contributed by atoms with E-state index in [2.05, 4.69) is 10.1 Å². The van der Waals surface area contributed by atoms with E-state index in [9.17, 15) is 5.11 Å². The molecule has 0 saturated carbocycles. The second-order valence-electron chi connectivity index (χ2n) is 4.84. The van der Waals surface area contributed by atoms with E-state index in [1.807, 2.05) is 38.1 Å². The van der Waals surface area contributed by atoms with Crippen LogP contribution in [0.1, 0.15) is 25.3 Å². The van der Waals surface area contributed by atoms with E-state index < -0.39 is 0 Å². The second kappa shape index (κ2) is 4.88. The quantitative estimate of drug-likeness (QED) is 0.854. The Morgan fingerprint density at radius 2 is 1.94 bits per heavy atom. The van der Waals surface area contributed by atoms with E-state index in [-0.39, 0.29) is 18.6 Å². The second-order valence-corrected chi connectivity index (χ2v) is 4.84. The first-order valence-corrected chi connectivity index (χ1v) is 5.81. The molecule has 0 aliphatic rings. The van der Waals surface area contributed by atoms with E-state index in [0.717, 1.165) is 11.1 Å². The Morgan fingerprint density at radius 3 is 2.44 bits per heavy atom. The zero-order chi connectivity index (χ0) is 13.2. The van der Waals surface area contributed by atoms with Gasteiger partial charge in [-0.15, -0.1) is 0 Å². The molecule has 0 aliphatic heterocycles. The summed E-state index contributed by atoms with van der Waals surface area (Å²) < 4.78 is 4.96. The van der Waals surface area contributed by atoms with Crippen molar-refractivity contribution in [2.45, 2.75) is 25.8 Å². The molecule has 0 fully saturated rings. The molecule has 1 aromatic carbocycles. The minimum atomic E-state index is -0.252. The molecule has 0 radical (unpaired) electrons. The van der Waals surface area contributed by atoms with Crippen LogP contribution < -0.4 is 5.73 Å². The first-order valence-electron chi connectivity index (χ1n) is 5.81. The maximum atomic E-state index is 9.32. The van der Waals surface area contributed by atoms with Gasteiger partial charge in [-0.25, -0.2) is 0 Å². The van der Waals surface area contributed by atoms with Crippen LogP contribution in [0.25, 0.3) is 11.4 Å². The highest BCUT2D eigenvalue weighted by Crippen LogP contribution is 2.25.